The first kappa shape index (κ1) is 10.5. The van der Waals surface area contributed by atoms with Gasteiger partial charge in [-0.25, -0.2) is 4.39 Å². The van der Waals surface area contributed by atoms with Crippen LogP contribution < -0.4 is 5.73 Å². The van der Waals surface area contributed by atoms with E-state index in [9.17, 15) is 4.39 Å². The smallest absolute Gasteiger partial charge is 0.124 e. The van der Waals surface area contributed by atoms with Gasteiger partial charge in [0.25, 0.3) is 0 Å². The molecule has 1 aromatic rings. The summed E-state index contributed by atoms with van der Waals surface area (Å²) >= 11 is 5.18. The van der Waals surface area contributed by atoms with E-state index in [0.717, 1.165) is 21.4 Å². The molecule has 0 spiro atoms. The van der Waals surface area contributed by atoms with Gasteiger partial charge in [0.2, 0.25) is 0 Å². The van der Waals surface area contributed by atoms with Gasteiger partial charge < -0.3 is 5.73 Å². The Balaban J connectivity index is 2.54. The molecule has 2 rings (SSSR count). The molecule has 0 aliphatic carbocycles. The Hall–Kier alpha value is -0.0600. The highest BCUT2D eigenvalue weighted by atomic mass is 79.9. The van der Waals surface area contributed by atoms with E-state index in [0.29, 0.717) is 5.25 Å². The molecule has 2 unspecified atom stereocenters. The van der Waals surface area contributed by atoms with Crippen molar-refractivity contribution in [3.05, 3.63) is 33.5 Å². The molecular formula is C10H11BrFNS. The van der Waals surface area contributed by atoms with Gasteiger partial charge >= 0.3 is 0 Å². The van der Waals surface area contributed by atoms with Crippen molar-refractivity contribution < 1.29 is 4.39 Å². The fraction of sp³-hybridized carbons (Fsp3) is 0.400. The van der Waals surface area contributed by atoms with Crippen molar-refractivity contribution in [1.29, 1.82) is 0 Å². The lowest BCUT2D eigenvalue weighted by atomic mass is 9.99. The van der Waals surface area contributed by atoms with Crippen molar-refractivity contribution in [3.63, 3.8) is 0 Å². The molecule has 1 nitrogen and oxygen atoms in total. The minimum Gasteiger partial charge on any atom is -0.323 e. The zero-order valence-electron chi connectivity index (χ0n) is 7.76. The Kier molecular flexibility index (Phi) is 2.86. The number of fused-ring (bicyclic) bond motifs is 1. The van der Waals surface area contributed by atoms with Crippen LogP contribution in [-0.4, -0.2) is 5.25 Å². The topological polar surface area (TPSA) is 26.0 Å². The van der Waals surface area contributed by atoms with Crippen LogP contribution in [-0.2, 0) is 5.75 Å². The van der Waals surface area contributed by atoms with Crippen molar-refractivity contribution >= 4 is 27.7 Å². The maximum Gasteiger partial charge on any atom is 0.124 e. The summed E-state index contributed by atoms with van der Waals surface area (Å²) in [6.07, 6.45) is 0. The fourth-order valence-corrected chi connectivity index (χ4v) is 3.52. The minimum atomic E-state index is -0.217. The molecule has 4 heteroatoms. The largest absolute Gasteiger partial charge is 0.323 e. The van der Waals surface area contributed by atoms with Gasteiger partial charge in [-0.1, -0.05) is 22.9 Å². The lowest BCUT2D eigenvalue weighted by Crippen LogP contribution is -2.26. The highest BCUT2D eigenvalue weighted by Gasteiger charge is 2.25. The predicted molar refractivity (Wildman–Crippen MR) is 61.8 cm³/mol. The van der Waals surface area contributed by atoms with Crippen LogP contribution in [0, 0.1) is 5.82 Å². The minimum absolute atomic E-state index is 0.0595. The van der Waals surface area contributed by atoms with Crippen molar-refractivity contribution in [2.75, 3.05) is 0 Å². The zero-order valence-corrected chi connectivity index (χ0v) is 10.2. The first-order valence-electron chi connectivity index (χ1n) is 4.44. The summed E-state index contributed by atoms with van der Waals surface area (Å²) in [6.45, 7) is 2.08. The van der Waals surface area contributed by atoms with E-state index in [4.69, 9.17) is 5.73 Å². The Morgan fingerprint density at radius 3 is 3.00 bits per heavy atom. The van der Waals surface area contributed by atoms with Gasteiger partial charge in [0.05, 0.1) is 0 Å². The monoisotopic (exact) mass is 275 g/mol. The van der Waals surface area contributed by atoms with Crippen LogP contribution in [0.4, 0.5) is 4.39 Å². The SMILES string of the molecule is CC1SCc2c(Br)cc(F)cc2C1N. The highest BCUT2D eigenvalue weighted by molar-refractivity contribution is 9.10. The van der Waals surface area contributed by atoms with Gasteiger partial charge in [-0.05, 0) is 23.3 Å². The standard InChI is InChI=1S/C10H11BrFNS/c1-5-10(13)7-2-6(12)3-9(11)8(7)4-14-5/h2-3,5,10H,4,13H2,1H3. The van der Waals surface area contributed by atoms with Crippen molar-refractivity contribution in [1.82, 2.24) is 0 Å². The summed E-state index contributed by atoms with van der Waals surface area (Å²) in [5, 5.41) is 0.358. The molecule has 0 saturated heterocycles. The Labute approximate surface area is 95.4 Å². The molecule has 0 fully saturated rings. The van der Waals surface area contributed by atoms with E-state index >= 15 is 0 Å². The van der Waals surface area contributed by atoms with E-state index < -0.39 is 0 Å². The van der Waals surface area contributed by atoms with Gasteiger partial charge in [-0.3, -0.25) is 0 Å². The number of nitrogens with two attached hydrogens (primary N) is 1. The number of rotatable bonds is 0. The average Bonchev–Trinajstić information content (AvgIpc) is 2.12. The van der Waals surface area contributed by atoms with Gasteiger partial charge in [0.1, 0.15) is 5.82 Å². The van der Waals surface area contributed by atoms with Gasteiger partial charge in [0.15, 0.2) is 0 Å². The van der Waals surface area contributed by atoms with Crippen LogP contribution in [0.15, 0.2) is 16.6 Å². The summed E-state index contributed by atoms with van der Waals surface area (Å²) in [4.78, 5) is 0. The summed E-state index contributed by atoms with van der Waals surface area (Å²) in [5.41, 5.74) is 8.11. The first-order valence-corrected chi connectivity index (χ1v) is 6.29. The Morgan fingerprint density at radius 1 is 1.57 bits per heavy atom. The molecule has 14 heavy (non-hydrogen) atoms. The van der Waals surface area contributed by atoms with Gasteiger partial charge in [0, 0.05) is 21.5 Å². The molecule has 0 bridgehead atoms. The maximum atomic E-state index is 13.2. The molecule has 1 aliphatic heterocycles. The van der Waals surface area contributed by atoms with Crippen LogP contribution >= 0.6 is 27.7 Å². The maximum absolute atomic E-state index is 13.2. The third-order valence-electron chi connectivity index (χ3n) is 2.55. The lowest BCUT2D eigenvalue weighted by molar-refractivity contribution is 0.613. The number of hydrogen-bond donors (Lipinski definition) is 1. The van der Waals surface area contributed by atoms with Crippen LogP contribution in [0.3, 0.4) is 0 Å². The molecular weight excluding hydrogens is 265 g/mol. The summed E-state index contributed by atoms with van der Waals surface area (Å²) in [5.74, 6) is 0.690. The molecule has 0 aromatic heterocycles. The second-order valence-corrected chi connectivity index (χ2v) is 5.72. The van der Waals surface area contributed by atoms with Crippen LogP contribution in [0.1, 0.15) is 24.1 Å². The molecule has 1 heterocycles. The third kappa shape index (κ3) is 1.71. The Bertz CT molecular complexity index is 369. The van der Waals surface area contributed by atoms with E-state index in [1.54, 1.807) is 6.07 Å². The van der Waals surface area contributed by atoms with Crippen LogP contribution in [0.5, 0.6) is 0 Å². The summed E-state index contributed by atoms with van der Waals surface area (Å²) in [6, 6.07) is 3.00. The highest BCUT2D eigenvalue weighted by Crippen LogP contribution is 2.39. The number of halogens is 2. The summed E-state index contributed by atoms with van der Waals surface area (Å²) in [7, 11) is 0. The molecule has 2 atom stereocenters. The molecule has 1 aliphatic rings. The quantitative estimate of drug-likeness (QED) is 0.787. The second-order valence-electron chi connectivity index (χ2n) is 3.50. The molecule has 0 amide bonds. The third-order valence-corrected chi connectivity index (χ3v) is 4.53. The zero-order chi connectivity index (χ0) is 10.3. The first-order chi connectivity index (χ1) is 6.59. The molecule has 76 valence electrons. The van der Waals surface area contributed by atoms with Crippen molar-refractivity contribution in [2.24, 2.45) is 5.73 Å². The normalized spacial score (nSPS) is 26.0. The average molecular weight is 276 g/mol. The van der Waals surface area contributed by atoms with E-state index in [1.165, 1.54) is 6.07 Å². The van der Waals surface area contributed by atoms with E-state index in [-0.39, 0.29) is 11.9 Å². The number of thioether (sulfide) groups is 1. The Morgan fingerprint density at radius 2 is 2.29 bits per heavy atom. The summed E-state index contributed by atoms with van der Waals surface area (Å²) < 4.78 is 14.0. The number of benzene rings is 1. The van der Waals surface area contributed by atoms with Crippen molar-refractivity contribution in [2.45, 2.75) is 24.0 Å². The van der Waals surface area contributed by atoms with E-state index in [2.05, 4.69) is 22.9 Å². The number of hydrogen-bond acceptors (Lipinski definition) is 2. The fourth-order valence-electron chi connectivity index (χ4n) is 1.64. The van der Waals surface area contributed by atoms with Crippen LogP contribution in [0.2, 0.25) is 0 Å². The predicted octanol–water partition coefficient (Wildman–Crippen LogP) is 3.22. The molecule has 2 N–H and O–H groups in total. The molecule has 1 aromatic carbocycles. The van der Waals surface area contributed by atoms with Gasteiger partial charge in [-0.15, -0.1) is 0 Å². The second kappa shape index (κ2) is 3.83. The van der Waals surface area contributed by atoms with Crippen LogP contribution in [0.25, 0.3) is 0 Å². The lowest BCUT2D eigenvalue weighted by Gasteiger charge is -2.28. The molecule has 0 radical (unpaired) electrons. The van der Waals surface area contributed by atoms with Gasteiger partial charge in [-0.2, -0.15) is 11.8 Å². The van der Waals surface area contributed by atoms with E-state index in [1.807, 2.05) is 11.8 Å². The van der Waals surface area contributed by atoms with Crippen molar-refractivity contribution in [3.8, 4) is 0 Å². The molecule has 0 saturated carbocycles.